The van der Waals surface area contributed by atoms with Gasteiger partial charge in [0.1, 0.15) is 5.75 Å². The Morgan fingerprint density at radius 1 is 1.12 bits per heavy atom. The van der Waals surface area contributed by atoms with E-state index < -0.39 is 18.0 Å². The molecule has 1 atom stereocenters. The first-order chi connectivity index (χ1) is 12.5. The van der Waals surface area contributed by atoms with Crippen molar-refractivity contribution in [1.29, 1.82) is 5.26 Å². The fourth-order valence-corrected chi connectivity index (χ4v) is 2.12. The summed E-state index contributed by atoms with van der Waals surface area (Å²) in [7, 11) is 0. The van der Waals surface area contributed by atoms with Crippen LogP contribution < -0.4 is 10.1 Å². The van der Waals surface area contributed by atoms with Crippen molar-refractivity contribution in [3.63, 3.8) is 0 Å². The molecule has 0 bridgehead atoms. The lowest BCUT2D eigenvalue weighted by Crippen LogP contribution is -2.31. The van der Waals surface area contributed by atoms with Gasteiger partial charge in [-0.15, -0.1) is 0 Å². The maximum Gasteiger partial charge on any atom is 0.344 e. The Labute approximate surface area is 152 Å². The number of aryl methyl sites for hydroxylation is 1. The molecule has 0 fully saturated rings. The van der Waals surface area contributed by atoms with Gasteiger partial charge in [0, 0.05) is 5.69 Å². The standard InChI is InChI=1S/C20H20N2O4/c1-3-15-4-8-17(9-5-15)22-20(24)14(2)26-19(23)13-25-18-10-6-16(12-21)7-11-18/h4-11,14H,3,13H2,1-2H3,(H,22,24)/t14-/m1/s1. The molecule has 0 radical (unpaired) electrons. The van der Waals surface area contributed by atoms with Crippen LogP contribution in [0.4, 0.5) is 5.69 Å². The third-order valence-corrected chi connectivity index (χ3v) is 3.65. The molecule has 0 heterocycles. The minimum Gasteiger partial charge on any atom is -0.482 e. The predicted molar refractivity (Wildman–Crippen MR) is 96.7 cm³/mol. The average molecular weight is 352 g/mol. The van der Waals surface area contributed by atoms with E-state index in [9.17, 15) is 9.59 Å². The fraction of sp³-hybridized carbons (Fsp3) is 0.250. The van der Waals surface area contributed by atoms with E-state index in [0.29, 0.717) is 17.0 Å². The molecule has 1 N–H and O–H groups in total. The lowest BCUT2D eigenvalue weighted by Gasteiger charge is -2.14. The number of ether oxygens (including phenoxy) is 2. The van der Waals surface area contributed by atoms with Gasteiger partial charge in [0.25, 0.3) is 5.91 Å². The van der Waals surface area contributed by atoms with E-state index in [1.165, 1.54) is 12.5 Å². The second-order valence-corrected chi connectivity index (χ2v) is 5.60. The monoisotopic (exact) mass is 352 g/mol. The van der Waals surface area contributed by atoms with Gasteiger partial charge in [-0.3, -0.25) is 4.79 Å². The summed E-state index contributed by atoms with van der Waals surface area (Å²) >= 11 is 0. The maximum absolute atomic E-state index is 12.1. The topological polar surface area (TPSA) is 88.4 Å². The lowest BCUT2D eigenvalue weighted by atomic mass is 10.1. The molecule has 0 saturated heterocycles. The second kappa shape index (κ2) is 9.23. The van der Waals surface area contributed by atoms with E-state index in [1.807, 2.05) is 18.2 Å². The molecule has 6 nitrogen and oxygen atoms in total. The molecule has 0 saturated carbocycles. The van der Waals surface area contributed by atoms with Crippen molar-refractivity contribution in [2.45, 2.75) is 26.4 Å². The number of hydrogen-bond donors (Lipinski definition) is 1. The van der Waals surface area contributed by atoms with Crippen LogP contribution in [-0.2, 0) is 20.7 Å². The Morgan fingerprint density at radius 3 is 2.35 bits per heavy atom. The number of carbonyl (C=O) groups is 2. The molecule has 0 aromatic heterocycles. The molecule has 0 aliphatic carbocycles. The van der Waals surface area contributed by atoms with Gasteiger partial charge in [0.2, 0.25) is 0 Å². The van der Waals surface area contributed by atoms with Crippen molar-refractivity contribution in [3.8, 4) is 11.8 Å². The van der Waals surface area contributed by atoms with Crippen LogP contribution in [0, 0.1) is 11.3 Å². The van der Waals surface area contributed by atoms with Crippen molar-refractivity contribution in [2.24, 2.45) is 0 Å². The number of benzene rings is 2. The second-order valence-electron chi connectivity index (χ2n) is 5.60. The van der Waals surface area contributed by atoms with E-state index in [0.717, 1.165) is 6.42 Å². The molecular weight excluding hydrogens is 332 g/mol. The van der Waals surface area contributed by atoms with Crippen LogP contribution in [-0.4, -0.2) is 24.6 Å². The first-order valence-corrected chi connectivity index (χ1v) is 8.24. The fourth-order valence-electron chi connectivity index (χ4n) is 2.12. The lowest BCUT2D eigenvalue weighted by molar-refractivity contribution is -0.155. The Morgan fingerprint density at radius 2 is 1.77 bits per heavy atom. The molecule has 2 aromatic carbocycles. The Hall–Kier alpha value is -3.33. The highest BCUT2D eigenvalue weighted by Crippen LogP contribution is 2.12. The third kappa shape index (κ3) is 5.64. The van der Waals surface area contributed by atoms with Crippen LogP contribution in [0.3, 0.4) is 0 Å². The minimum absolute atomic E-state index is 0.325. The molecule has 0 spiro atoms. The number of nitriles is 1. The number of rotatable bonds is 7. The highest BCUT2D eigenvalue weighted by Gasteiger charge is 2.18. The molecular formula is C20H20N2O4. The number of anilines is 1. The van der Waals surface area contributed by atoms with Crippen LogP contribution in [0.2, 0.25) is 0 Å². The highest BCUT2D eigenvalue weighted by molar-refractivity contribution is 5.95. The number of carbonyl (C=O) groups excluding carboxylic acids is 2. The van der Waals surface area contributed by atoms with Crippen molar-refractivity contribution < 1.29 is 19.1 Å². The summed E-state index contributed by atoms with van der Waals surface area (Å²) < 4.78 is 10.3. The quantitative estimate of drug-likeness (QED) is 0.774. The van der Waals surface area contributed by atoms with Gasteiger partial charge in [0.05, 0.1) is 11.6 Å². The zero-order chi connectivity index (χ0) is 18.9. The van der Waals surface area contributed by atoms with E-state index >= 15 is 0 Å². The van der Waals surface area contributed by atoms with Crippen LogP contribution in [0.1, 0.15) is 25.0 Å². The van der Waals surface area contributed by atoms with Crippen molar-refractivity contribution in [2.75, 3.05) is 11.9 Å². The van der Waals surface area contributed by atoms with Crippen LogP contribution >= 0.6 is 0 Å². The maximum atomic E-state index is 12.1. The molecule has 26 heavy (non-hydrogen) atoms. The molecule has 134 valence electrons. The SMILES string of the molecule is CCc1ccc(NC(=O)[C@@H](C)OC(=O)COc2ccc(C#N)cc2)cc1. The zero-order valence-corrected chi connectivity index (χ0v) is 14.7. The highest BCUT2D eigenvalue weighted by atomic mass is 16.6. The average Bonchev–Trinajstić information content (AvgIpc) is 2.67. The third-order valence-electron chi connectivity index (χ3n) is 3.65. The minimum atomic E-state index is -0.946. The van der Waals surface area contributed by atoms with Crippen molar-refractivity contribution >= 4 is 17.6 Å². The van der Waals surface area contributed by atoms with E-state index in [2.05, 4.69) is 12.2 Å². The number of nitrogens with one attached hydrogen (secondary N) is 1. The largest absolute Gasteiger partial charge is 0.482 e. The summed E-state index contributed by atoms with van der Waals surface area (Å²) in [6.07, 6.45) is -0.0282. The Kier molecular flexibility index (Phi) is 6.75. The molecule has 0 aliphatic rings. The summed E-state index contributed by atoms with van der Waals surface area (Å²) in [5.74, 6) is -0.631. The Bertz CT molecular complexity index is 792. The molecule has 0 unspecified atom stereocenters. The van der Waals surface area contributed by atoms with Gasteiger partial charge < -0.3 is 14.8 Å². The smallest absolute Gasteiger partial charge is 0.344 e. The molecule has 2 aromatic rings. The van der Waals surface area contributed by atoms with E-state index in [-0.39, 0.29) is 6.61 Å². The van der Waals surface area contributed by atoms with Gasteiger partial charge >= 0.3 is 5.97 Å². The normalized spacial score (nSPS) is 11.1. The van der Waals surface area contributed by atoms with Gasteiger partial charge in [0.15, 0.2) is 12.7 Å². The number of esters is 1. The first-order valence-electron chi connectivity index (χ1n) is 8.24. The van der Waals surface area contributed by atoms with Gasteiger partial charge in [-0.25, -0.2) is 4.79 Å². The summed E-state index contributed by atoms with van der Waals surface area (Å²) in [5.41, 5.74) is 2.31. The molecule has 1 amide bonds. The van der Waals surface area contributed by atoms with Crippen LogP contribution in [0.25, 0.3) is 0 Å². The van der Waals surface area contributed by atoms with Gasteiger partial charge in [-0.2, -0.15) is 5.26 Å². The predicted octanol–water partition coefficient (Wildman–Crippen LogP) is 3.07. The van der Waals surface area contributed by atoms with Gasteiger partial charge in [-0.05, 0) is 55.3 Å². The number of nitrogens with zero attached hydrogens (tertiary/aromatic N) is 1. The van der Waals surface area contributed by atoms with Crippen molar-refractivity contribution in [1.82, 2.24) is 0 Å². The summed E-state index contributed by atoms with van der Waals surface area (Å²) in [6, 6.07) is 15.8. The number of amides is 1. The first kappa shape index (κ1) is 19.0. The van der Waals surface area contributed by atoms with Gasteiger partial charge in [-0.1, -0.05) is 19.1 Å². The summed E-state index contributed by atoms with van der Waals surface area (Å²) in [5, 5.41) is 11.4. The number of hydrogen-bond acceptors (Lipinski definition) is 5. The molecule has 2 rings (SSSR count). The summed E-state index contributed by atoms with van der Waals surface area (Å²) in [6.45, 7) is 3.22. The van der Waals surface area contributed by atoms with E-state index in [4.69, 9.17) is 14.7 Å². The van der Waals surface area contributed by atoms with Crippen LogP contribution in [0.5, 0.6) is 5.75 Å². The summed E-state index contributed by atoms with van der Waals surface area (Å²) in [4.78, 5) is 23.9. The molecule has 0 aliphatic heterocycles. The van der Waals surface area contributed by atoms with E-state index in [1.54, 1.807) is 36.4 Å². The Balaban J connectivity index is 1.79. The van der Waals surface area contributed by atoms with Crippen LogP contribution in [0.15, 0.2) is 48.5 Å². The molecule has 6 heteroatoms. The van der Waals surface area contributed by atoms with Crippen molar-refractivity contribution in [3.05, 3.63) is 59.7 Å². The zero-order valence-electron chi connectivity index (χ0n) is 14.7.